The van der Waals surface area contributed by atoms with E-state index in [0.717, 1.165) is 25.3 Å². The predicted molar refractivity (Wildman–Crippen MR) is 64.0 cm³/mol. The van der Waals surface area contributed by atoms with Gasteiger partial charge in [0.1, 0.15) is 5.01 Å². The summed E-state index contributed by atoms with van der Waals surface area (Å²) < 4.78 is 0. The van der Waals surface area contributed by atoms with Crippen LogP contribution in [0, 0.1) is 0 Å². The highest BCUT2D eigenvalue weighted by atomic mass is 32.2. The lowest BCUT2D eigenvalue weighted by Crippen LogP contribution is -2.22. The Balaban J connectivity index is 1.94. The summed E-state index contributed by atoms with van der Waals surface area (Å²) in [5, 5.41) is 4.70. The molecule has 0 bridgehead atoms. The van der Waals surface area contributed by atoms with Crippen LogP contribution in [0.1, 0.15) is 28.9 Å². The lowest BCUT2D eigenvalue weighted by atomic mass is 10.2. The van der Waals surface area contributed by atoms with Crippen molar-refractivity contribution in [3.05, 3.63) is 15.6 Å². The van der Waals surface area contributed by atoms with Gasteiger partial charge >= 0.3 is 0 Å². The number of aromatic nitrogens is 1. The van der Waals surface area contributed by atoms with E-state index in [4.69, 9.17) is 0 Å². The molecule has 0 unspecified atom stereocenters. The smallest absolute Gasteiger partial charge is 0.103 e. The molecule has 14 heavy (non-hydrogen) atoms. The van der Waals surface area contributed by atoms with E-state index in [0.29, 0.717) is 0 Å². The molecule has 1 N–H and O–H groups in total. The summed E-state index contributed by atoms with van der Waals surface area (Å²) in [6.45, 7) is 4.35. The van der Waals surface area contributed by atoms with Gasteiger partial charge in [0.2, 0.25) is 0 Å². The zero-order valence-corrected chi connectivity index (χ0v) is 10.1. The zero-order chi connectivity index (χ0) is 9.80. The molecular formula is C10H16N2S2. The first kappa shape index (κ1) is 10.5. The third-order valence-electron chi connectivity index (χ3n) is 2.22. The second-order valence-corrected chi connectivity index (χ2v) is 5.73. The fourth-order valence-electron chi connectivity index (χ4n) is 1.54. The van der Waals surface area contributed by atoms with Crippen molar-refractivity contribution in [1.82, 2.24) is 10.3 Å². The first-order chi connectivity index (χ1) is 6.90. The van der Waals surface area contributed by atoms with E-state index in [1.807, 2.05) is 23.1 Å². The van der Waals surface area contributed by atoms with Crippen molar-refractivity contribution in [1.29, 1.82) is 0 Å². The van der Waals surface area contributed by atoms with Crippen molar-refractivity contribution in [2.45, 2.75) is 32.1 Å². The van der Waals surface area contributed by atoms with Crippen LogP contribution in [-0.4, -0.2) is 17.3 Å². The zero-order valence-electron chi connectivity index (χ0n) is 8.51. The minimum absolute atomic E-state index is 1.03. The van der Waals surface area contributed by atoms with Crippen molar-refractivity contribution >= 4 is 23.1 Å². The average molecular weight is 228 g/mol. The van der Waals surface area contributed by atoms with Crippen LogP contribution in [0.15, 0.2) is 0 Å². The molecule has 1 aromatic rings. The van der Waals surface area contributed by atoms with Crippen molar-refractivity contribution < 1.29 is 0 Å². The summed E-state index contributed by atoms with van der Waals surface area (Å²) in [6.07, 6.45) is 2.38. The lowest BCUT2D eigenvalue weighted by molar-refractivity contribution is 0.643. The van der Waals surface area contributed by atoms with Gasteiger partial charge in [0.25, 0.3) is 0 Å². The molecule has 0 saturated carbocycles. The van der Waals surface area contributed by atoms with Crippen molar-refractivity contribution in [2.75, 3.05) is 12.3 Å². The number of fused-ring (bicyclic) bond motifs is 1. The maximum absolute atomic E-state index is 4.68. The van der Waals surface area contributed by atoms with Gasteiger partial charge in [0.15, 0.2) is 0 Å². The maximum atomic E-state index is 4.68. The van der Waals surface area contributed by atoms with Gasteiger partial charge in [-0.2, -0.15) is 11.8 Å². The van der Waals surface area contributed by atoms with E-state index >= 15 is 0 Å². The second-order valence-electron chi connectivity index (χ2n) is 3.46. The number of hydrogen-bond donors (Lipinski definition) is 1. The Morgan fingerprint density at radius 3 is 3.29 bits per heavy atom. The Morgan fingerprint density at radius 1 is 1.57 bits per heavy atom. The lowest BCUT2D eigenvalue weighted by Gasteiger charge is -2.09. The van der Waals surface area contributed by atoms with Crippen LogP contribution in [0.5, 0.6) is 0 Å². The molecule has 2 rings (SSSR count). The summed E-state index contributed by atoms with van der Waals surface area (Å²) in [5.74, 6) is 2.36. The molecule has 4 heteroatoms. The standard InChI is InChI=1S/C10H16N2S2/c1-2-5-13-7-10-12-8-3-4-11-6-9(8)14-10/h11H,2-7H2,1H3. The van der Waals surface area contributed by atoms with E-state index in [1.54, 1.807) is 0 Å². The molecule has 78 valence electrons. The number of thiazole rings is 1. The minimum atomic E-state index is 1.03. The highest BCUT2D eigenvalue weighted by Gasteiger charge is 2.13. The number of thioether (sulfide) groups is 1. The van der Waals surface area contributed by atoms with Crippen LogP contribution in [0.2, 0.25) is 0 Å². The Bertz CT molecular complexity index is 273. The monoisotopic (exact) mass is 228 g/mol. The number of nitrogens with zero attached hydrogens (tertiary/aromatic N) is 1. The predicted octanol–water partition coefficient (Wildman–Crippen LogP) is 2.43. The van der Waals surface area contributed by atoms with Crippen molar-refractivity contribution in [3.63, 3.8) is 0 Å². The number of nitrogens with one attached hydrogen (secondary N) is 1. The number of rotatable bonds is 4. The van der Waals surface area contributed by atoms with E-state index in [1.165, 1.54) is 27.8 Å². The molecule has 0 saturated heterocycles. The fraction of sp³-hybridized carbons (Fsp3) is 0.700. The molecule has 0 atom stereocenters. The van der Waals surface area contributed by atoms with Crippen molar-refractivity contribution in [2.24, 2.45) is 0 Å². The molecular weight excluding hydrogens is 212 g/mol. The normalized spacial score (nSPS) is 15.5. The molecule has 2 nitrogen and oxygen atoms in total. The molecule has 1 aromatic heterocycles. The van der Waals surface area contributed by atoms with Crippen molar-refractivity contribution in [3.8, 4) is 0 Å². The third-order valence-corrected chi connectivity index (χ3v) is 4.68. The fourth-order valence-corrected chi connectivity index (χ4v) is 3.58. The van der Waals surface area contributed by atoms with Crippen LogP contribution in [0.3, 0.4) is 0 Å². The van der Waals surface area contributed by atoms with E-state index in [-0.39, 0.29) is 0 Å². The van der Waals surface area contributed by atoms with Gasteiger partial charge in [-0.15, -0.1) is 11.3 Å². The molecule has 1 aliphatic heterocycles. The van der Waals surface area contributed by atoms with Gasteiger partial charge in [-0.3, -0.25) is 0 Å². The Labute approximate surface area is 93.5 Å². The second kappa shape index (κ2) is 5.14. The summed E-state index contributed by atoms with van der Waals surface area (Å²) in [6, 6.07) is 0. The summed E-state index contributed by atoms with van der Waals surface area (Å²) in [7, 11) is 0. The SMILES string of the molecule is CCCSCc1nc2c(s1)CNCC2. The largest absolute Gasteiger partial charge is 0.311 e. The topological polar surface area (TPSA) is 24.9 Å². The van der Waals surface area contributed by atoms with Gasteiger partial charge < -0.3 is 5.32 Å². The van der Waals surface area contributed by atoms with Gasteiger partial charge in [-0.1, -0.05) is 6.92 Å². The molecule has 0 radical (unpaired) electrons. The minimum Gasteiger partial charge on any atom is -0.311 e. The van der Waals surface area contributed by atoms with Gasteiger partial charge in [0, 0.05) is 30.1 Å². The third kappa shape index (κ3) is 2.49. The first-order valence-electron chi connectivity index (χ1n) is 5.16. The van der Waals surface area contributed by atoms with Crippen LogP contribution in [-0.2, 0) is 18.7 Å². The summed E-state index contributed by atoms with van der Waals surface area (Å²) in [5.41, 5.74) is 1.35. The maximum Gasteiger partial charge on any atom is 0.103 e. The van der Waals surface area contributed by atoms with Gasteiger partial charge in [-0.05, 0) is 12.2 Å². The van der Waals surface area contributed by atoms with Gasteiger partial charge in [-0.25, -0.2) is 4.98 Å². The van der Waals surface area contributed by atoms with Gasteiger partial charge in [0.05, 0.1) is 5.69 Å². The average Bonchev–Trinajstić information content (AvgIpc) is 2.60. The number of hydrogen-bond acceptors (Lipinski definition) is 4. The van der Waals surface area contributed by atoms with Crippen LogP contribution < -0.4 is 5.32 Å². The highest BCUT2D eigenvalue weighted by Crippen LogP contribution is 2.24. The molecule has 0 aliphatic carbocycles. The van der Waals surface area contributed by atoms with E-state index < -0.39 is 0 Å². The quantitative estimate of drug-likeness (QED) is 0.801. The Kier molecular flexibility index (Phi) is 3.84. The van der Waals surface area contributed by atoms with Crippen LogP contribution in [0.25, 0.3) is 0 Å². The summed E-state index contributed by atoms with van der Waals surface area (Å²) >= 11 is 3.89. The molecule has 0 fully saturated rings. The Morgan fingerprint density at radius 2 is 2.50 bits per heavy atom. The van der Waals surface area contributed by atoms with E-state index in [2.05, 4.69) is 17.2 Å². The van der Waals surface area contributed by atoms with E-state index in [9.17, 15) is 0 Å². The highest BCUT2D eigenvalue weighted by molar-refractivity contribution is 7.98. The van der Waals surface area contributed by atoms with Crippen LogP contribution in [0.4, 0.5) is 0 Å². The Hall–Kier alpha value is -0.0600. The van der Waals surface area contributed by atoms with Crippen LogP contribution >= 0.6 is 23.1 Å². The first-order valence-corrected chi connectivity index (χ1v) is 7.13. The molecule has 1 aliphatic rings. The molecule has 0 spiro atoms. The molecule has 0 amide bonds. The molecule has 0 aromatic carbocycles. The molecule has 2 heterocycles. The summed E-state index contributed by atoms with van der Waals surface area (Å²) in [4.78, 5) is 6.14.